The van der Waals surface area contributed by atoms with Gasteiger partial charge in [-0.3, -0.25) is 9.10 Å². The third kappa shape index (κ3) is 5.65. The Kier molecular flexibility index (Phi) is 7.86. The van der Waals surface area contributed by atoms with E-state index in [0.29, 0.717) is 23.1 Å². The predicted molar refractivity (Wildman–Crippen MR) is 123 cm³/mol. The largest absolute Gasteiger partial charge is 0.450 e. The van der Waals surface area contributed by atoms with Crippen molar-refractivity contribution in [1.29, 1.82) is 0 Å². The third-order valence-corrected chi connectivity index (χ3v) is 7.21. The van der Waals surface area contributed by atoms with Gasteiger partial charge in [-0.2, -0.15) is 0 Å². The standard InChI is InChI=1S/C21H23Cl2N3O5S/c1-2-31-21(28)25-12-10-24(11-13-25)20(27)15-26(18-5-3-4-17(23)14-18)32(29,30)19-8-6-16(22)7-9-19/h3-9,14H,2,10-13,15H2,1H3. The lowest BCUT2D eigenvalue weighted by Gasteiger charge is -2.35. The van der Waals surface area contributed by atoms with E-state index in [9.17, 15) is 18.0 Å². The molecule has 0 N–H and O–H groups in total. The van der Waals surface area contributed by atoms with Crippen molar-refractivity contribution < 1.29 is 22.7 Å². The Balaban J connectivity index is 1.82. The highest BCUT2D eigenvalue weighted by atomic mass is 35.5. The number of sulfonamides is 1. The molecule has 0 spiro atoms. The molecule has 0 aromatic heterocycles. The van der Waals surface area contributed by atoms with Gasteiger partial charge < -0.3 is 14.5 Å². The van der Waals surface area contributed by atoms with Gasteiger partial charge in [0.25, 0.3) is 10.0 Å². The molecule has 1 fully saturated rings. The van der Waals surface area contributed by atoms with Crippen LogP contribution in [-0.2, 0) is 19.6 Å². The molecule has 2 aromatic carbocycles. The van der Waals surface area contributed by atoms with E-state index >= 15 is 0 Å². The van der Waals surface area contributed by atoms with E-state index < -0.39 is 22.7 Å². The van der Waals surface area contributed by atoms with Crippen LogP contribution in [0.2, 0.25) is 10.0 Å². The second-order valence-electron chi connectivity index (χ2n) is 7.01. The molecule has 0 saturated carbocycles. The minimum Gasteiger partial charge on any atom is -0.450 e. The van der Waals surface area contributed by atoms with Crippen LogP contribution in [0.5, 0.6) is 0 Å². The maximum Gasteiger partial charge on any atom is 0.409 e. The molecule has 1 aliphatic rings. The molecule has 0 atom stereocenters. The SMILES string of the molecule is CCOC(=O)N1CCN(C(=O)CN(c2cccc(Cl)c2)S(=O)(=O)c2ccc(Cl)cc2)CC1. The highest BCUT2D eigenvalue weighted by molar-refractivity contribution is 7.92. The zero-order chi connectivity index (χ0) is 23.3. The van der Waals surface area contributed by atoms with Crippen molar-refractivity contribution in [2.75, 3.05) is 43.6 Å². The molecule has 1 saturated heterocycles. The summed E-state index contributed by atoms with van der Waals surface area (Å²) in [6.45, 7) is 2.77. The van der Waals surface area contributed by atoms with Gasteiger partial charge in [0, 0.05) is 36.2 Å². The van der Waals surface area contributed by atoms with Crippen LogP contribution in [-0.4, -0.2) is 69.5 Å². The molecule has 0 bridgehead atoms. The molecular formula is C21H23Cl2N3O5S. The Bertz CT molecular complexity index is 1070. The first-order valence-corrected chi connectivity index (χ1v) is 12.2. The maximum absolute atomic E-state index is 13.4. The molecule has 1 heterocycles. The smallest absolute Gasteiger partial charge is 0.409 e. The number of hydrogen-bond acceptors (Lipinski definition) is 5. The first kappa shape index (κ1) is 24.2. The summed E-state index contributed by atoms with van der Waals surface area (Å²) in [6.07, 6.45) is -0.425. The number of piperazine rings is 1. The van der Waals surface area contributed by atoms with Gasteiger partial charge in [-0.15, -0.1) is 0 Å². The van der Waals surface area contributed by atoms with Crippen LogP contribution in [0.1, 0.15) is 6.92 Å². The van der Waals surface area contributed by atoms with Crippen LogP contribution in [0.25, 0.3) is 0 Å². The zero-order valence-corrected chi connectivity index (χ0v) is 19.7. The summed E-state index contributed by atoms with van der Waals surface area (Å²) in [6, 6.07) is 12.0. The predicted octanol–water partition coefficient (Wildman–Crippen LogP) is 3.49. The molecule has 2 amide bonds. The molecular weight excluding hydrogens is 477 g/mol. The Labute approximate surface area is 197 Å². The number of benzene rings is 2. The molecule has 11 heteroatoms. The summed E-state index contributed by atoms with van der Waals surface area (Å²) >= 11 is 12.0. The Morgan fingerprint density at radius 1 is 0.969 bits per heavy atom. The lowest BCUT2D eigenvalue weighted by Crippen LogP contribution is -2.53. The van der Waals surface area contributed by atoms with Gasteiger partial charge >= 0.3 is 6.09 Å². The minimum absolute atomic E-state index is 0.00167. The Morgan fingerprint density at radius 3 is 2.19 bits per heavy atom. The first-order valence-electron chi connectivity index (χ1n) is 9.95. The van der Waals surface area contributed by atoms with Crippen LogP contribution < -0.4 is 4.31 Å². The lowest BCUT2D eigenvalue weighted by atomic mass is 10.3. The van der Waals surface area contributed by atoms with Crippen molar-refractivity contribution >= 4 is 50.9 Å². The van der Waals surface area contributed by atoms with Crippen LogP contribution in [0.15, 0.2) is 53.4 Å². The number of anilines is 1. The van der Waals surface area contributed by atoms with Crippen molar-refractivity contribution in [3.05, 3.63) is 58.6 Å². The van der Waals surface area contributed by atoms with E-state index in [4.69, 9.17) is 27.9 Å². The van der Waals surface area contributed by atoms with Crippen LogP contribution in [0, 0.1) is 0 Å². The number of amides is 2. The fourth-order valence-corrected chi connectivity index (χ4v) is 4.97. The minimum atomic E-state index is -4.07. The number of halogens is 2. The van der Waals surface area contributed by atoms with Crippen molar-refractivity contribution in [2.45, 2.75) is 11.8 Å². The van der Waals surface area contributed by atoms with Gasteiger partial charge in [0.1, 0.15) is 6.54 Å². The van der Waals surface area contributed by atoms with Crippen molar-refractivity contribution in [2.24, 2.45) is 0 Å². The van der Waals surface area contributed by atoms with E-state index in [2.05, 4.69) is 0 Å². The number of rotatable bonds is 6. The van der Waals surface area contributed by atoms with Crippen LogP contribution in [0.4, 0.5) is 10.5 Å². The van der Waals surface area contributed by atoms with E-state index in [-0.39, 0.29) is 36.2 Å². The highest BCUT2D eigenvalue weighted by Crippen LogP contribution is 2.27. The number of ether oxygens (including phenoxy) is 1. The monoisotopic (exact) mass is 499 g/mol. The normalized spacial score (nSPS) is 14.2. The number of nitrogens with zero attached hydrogens (tertiary/aromatic N) is 3. The fraction of sp³-hybridized carbons (Fsp3) is 0.333. The van der Waals surface area contributed by atoms with Gasteiger partial charge in [0.05, 0.1) is 17.2 Å². The van der Waals surface area contributed by atoms with E-state index in [1.165, 1.54) is 40.1 Å². The van der Waals surface area contributed by atoms with E-state index in [0.717, 1.165) is 4.31 Å². The Hall–Kier alpha value is -2.49. The van der Waals surface area contributed by atoms with E-state index in [1.807, 2.05) is 0 Å². The van der Waals surface area contributed by atoms with Crippen molar-refractivity contribution in [1.82, 2.24) is 9.80 Å². The fourth-order valence-electron chi connectivity index (χ4n) is 3.26. The average molecular weight is 500 g/mol. The molecule has 2 aromatic rings. The zero-order valence-electron chi connectivity index (χ0n) is 17.4. The van der Waals surface area contributed by atoms with Gasteiger partial charge in [0.2, 0.25) is 5.91 Å². The molecule has 0 unspecified atom stereocenters. The summed E-state index contributed by atoms with van der Waals surface area (Å²) < 4.78 is 32.8. The third-order valence-electron chi connectivity index (χ3n) is 4.94. The molecule has 3 rings (SSSR count). The number of carbonyl (C=O) groups excluding carboxylic acids is 2. The molecule has 32 heavy (non-hydrogen) atoms. The molecule has 0 radical (unpaired) electrons. The number of hydrogen-bond donors (Lipinski definition) is 0. The Morgan fingerprint density at radius 2 is 1.59 bits per heavy atom. The summed E-state index contributed by atoms with van der Waals surface area (Å²) in [5.41, 5.74) is 0.269. The summed E-state index contributed by atoms with van der Waals surface area (Å²) in [4.78, 5) is 28.0. The average Bonchev–Trinajstić information content (AvgIpc) is 2.77. The van der Waals surface area contributed by atoms with Crippen LogP contribution >= 0.6 is 23.2 Å². The highest BCUT2D eigenvalue weighted by Gasteiger charge is 2.31. The summed E-state index contributed by atoms with van der Waals surface area (Å²) in [7, 11) is -4.07. The van der Waals surface area contributed by atoms with Gasteiger partial charge in [-0.05, 0) is 49.4 Å². The van der Waals surface area contributed by atoms with Gasteiger partial charge in [0.15, 0.2) is 0 Å². The second kappa shape index (κ2) is 10.4. The van der Waals surface area contributed by atoms with Gasteiger partial charge in [-0.1, -0.05) is 29.3 Å². The van der Waals surface area contributed by atoms with E-state index in [1.54, 1.807) is 25.1 Å². The topological polar surface area (TPSA) is 87.2 Å². The van der Waals surface area contributed by atoms with Gasteiger partial charge in [-0.25, -0.2) is 13.2 Å². The number of carbonyl (C=O) groups is 2. The van der Waals surface area contributed by atoms with Crippen molar-refractivity contribution in [3.8, 4) is 0 Å². The molecule has 0 aliphatic carbocycles. The summed E-state index contributed by atoms with van der Waals surface area (Å²) in [5.74, 6) is -0.383. The van der Waals surface area contributed by atoms with Crippen molar-refractivity contribution in [3.63, 3.8) is 0 Å². The molecule has 1 aliphatic heterocycles. The maximum atomic E-state index is 13.4. The lowest BCUT2D eigenvalue weighted by molar-refractivity contribution is -0.131. The first-order chi connectivity index (χ1) is 15.2. The quantitative estimate of drug-likeness (QED) is 0.606. The molecule has 172 valence electrons. The van der Waals surface area contributed by atoms with Crippen LogP contribution in [0.3, 0.4) is 0 Å². The summed E-state index contributed by atoms with van der Waals surface area (Å²) in [5, 5.41) is 0.739. The second-order valence-corrected chi connectivity index (χ2v) is 9.75. The molecule has 8 nitrogen and oxygen atoms in total.